The zero-order valence-corrected chi connectivity index (χ0v) is 17.9. The SMILES string of the molecule is CC(C)(C)[Si](C)(C)C(=O)c1c(F)cccc1Oc1cnc2c(F)c(F)ccc2c1. The molecule has 3 aromatic rings. The number of benzene rings is 2. The van der Waals surface area contributed by atoms with E-state index in [9.17, 15) is 18.0 Å². The number of ether oxygens (including phenoxy) is 1. The van der Waals surface area contributed by atoms with Gasteiger partial charge in [-0.2, -0.15) is 0 Å². The van der Waals surface area contributed by atoms with Gasteiger partial charge in [0.2, 0.25) is 0 Å². The maximum Gasteiger partial charge on any atom is 0.184 e. The van der Waals surface area contributed by atoms with Crippen LogP contribution in [0.4, 0.5) is 13.2 Å². The zero-order valence-electron chi connectivity index (χ0n) is 16.9. The zero-order chi connectivity index (χ0) is 21.6. The van der Waals surface area contributed by atoms with Gasteiger partial charge >= 0.3 is 0 Å². The van der Waals surface area contributed by atoms with E-state index in [1.807, 2.05) is 33.9 Å². The molecule has 0 spiro atoms. The van der Waals surface area contributed by atoms with Gasteiger partial charge in [0, 0.05) is 5.39 Å². The summed E-state index contributed by atoms with van der Waals surface area (Å²) in [6, 6.07) is 8.04. The summed E-state index contributed by atoms with van der Waals surface area (Å²) in [4.78, 5) is 17.2. The van der Waals surface area contributed by atoms with Crippen molar-refractivity contribution in [2.75, 3.05) is 0 Å². The monoisotopic (exact) mass is 417 g/mol. The fourth-order valence-corrected chi connectivity index (χ4v) is 4.32. The van der Waals surface area contributed by atoms with Crippen molar-refractivity contribution in [2.24, 2.45) is 0 Å². The van der Waals surface area contributed by atoms with E-state index in [1.165, 1.54) is 36.5 Å². The first kappa shape index (κ1) is 21.0. The first-order valence-corrected chi connectivity index (χ1v) is 12.2. The summed E-state index contributed by atoms with van der Waals surface area (Å²) >= 11 is 0. The number of pyridine rings is 1. The number of hydrogen-bond donors (Lipinski definition) is 0. The highest BCUT2D eigenvalue weighted by atomic mass is 28.3. The predicted molar refractivity (Wildman–Crippen MR) is 110 cm³/mol. The van der Waals surface area contributed by atoms with Crippen LogP contribution in [0.3, 0.4) is 0 Å². The van der Waals surface area contributed by atoms with Gasteiger partial charge in [0.15, 0.2) is 11.6 Å². The number of fused-ring (bicyclic) bond motifs is 1. The summed E-state index contributed by atoms with van der Waals surface area (Å²) < 4.78 is 47.7. The minimum atomic E-state index is -2.55. The molecule has 0 atom stereocenters. The molecule has 0 radical (unpaired) electrons. The van der Waals surface area contributed by atoms with Gasteiger partial charge < -0.3 is 4.74 Å². The van der Waals surface area contributed by atoms with E-state index in [4.69, 9.17) is 4.74 Å². The summed E-state index contributed by atoms with van der Waals surface area (Å²) in [6.45, 7) is 9.72. The second-order valence-corrected chi connectivity index (χ2v) is 13.7. The molecular formula is C22H22F3NO2Si. The minimum absolute atomic E-state index is 0.0727. The van der Waals surface area contributed by atoms with Gasteiger partial charge in [0.25, 0.3) is 0 Å². The number of aromatic nitrogens is 1. The van der Waals surface area contributed by atoms with Crippen LogP contribution in [0, 0.1) is 17.5 Å². The molecule has 0 unspecified atom stereocenters. The van der Waals surface area contributed by atoms with Crippen LogP contribution in [0.5, 0.6) is 11.5 Å². The molecule has 1 heterocycles. The highest BCUT2D eigenvalue weighted by molar-refractivity contribution is 7.08. The van der Waals surface area contributed by atoms with E-state index >= 15 is 0 Å². The molecule has 0 fully saturated rings. The Morgan fingerprint density at radius 1 is 1.03 bits per heavy atom. The normalized spacial score (nSPS) is 12.3. The van der Waals surface area contributed by atoms with Crippen LogP contribution in [0.15, 0.2) is 42.6 Å². The maximum absolute atomic E-state index is 14.7. The molecule has 0 aliphatic carbocycles. The molecule has 0 bridgehead atoms. The molecule has 0 aliphatic heterocycles. The number of carbonyl (C=O) groups is 1. The van der Waals surface area contributed by atoms with Crippen LogP contribution in [-0.4, -0.2) is 18.5 Å². The van der Waals surface area contributed by atoms with E-state index in [2.05, 4.69) is 4.98 Å². The lowest BCUT2D eigenvalue weighted by molar-refractivity contribution is 0.105. The van der Waals surface area contributed by atoms with Crippen molar-refractivity contribution in [2.45, 2.75) is 38.9 Å². The molecule has 0 saturated carbocycles. The van der Waals surface area contributed by atoms with Crippen LogP contribution in [0.1, 0.15) is 31.1 Å². The molecule has 0 N–H and O–H groups in total. The fourth-order valence-electron chi connectivity index (χ4n) is 2.77. The molecule has 3 rings (SSSR count). The minimum Gasteiger partial charge on any atom is -0.455 e. The number of rotatable bonds is 4. The standard InChI is InChI=1S/C22H22F3NO2Si/c1-22(2,3)29(4,5)21(27)18-15(23)7-6-8-17(18)28-14-11-13-9-10-16(24)19(25)20(13)26-12-14/h6-12H,1-5H3. The average molecular weight is 418 g/mol. The summed E-state index contributed by atoms with van der Waals surface area (Å²) in [7, 11) is -2.55. The van der Waals surface area contributed by atoms with Gasteiger partial charge in [0.05, 0.1) is 11.8 Å². The quantitative estimate of drug-likeness (QED) is 0.445. The van der Waals surface area contributed by atoms with E-state index in [-0.39, 0.29) is 33.0 Å². The van der Waals surface area contributed by atoms with Crippen molar-refractivity contribution < 1.29 is 22.7 Å². The number of carbonyl (C=O) groups excluding carboxylic acids is 1. The third kappa shape index (κ3) is 3.79. The third-order valence-corrected chi connectivity index (χ3v) is 10.7. The summed E-state index contributed by atoms with van der Waals surface area (Å²) in [5.74, 6) is -2.43. The molecule has 7 heteroatoms. The predicted octanol–water partition coefficient (Wildman–Crippen LogP) is 6.67. The van der Waals surface area contributed by atoms with Crippen LogP contribution in [0.2, 0.25) is 18.1 Å². The lowest BCUT2D eigenvalue weighted by atomic mass is 10.2. The second kappa shape index (κ2) is 7.30. The van der Waals surface area contributed by atoms with Crippen molar-refractivity contribution >= 4 is 24.4 Å². The molecule has 3 nitrogen and oxygen atoms in total. The van der Waals surface area contributed by atoms with E-state index in [0.717, 1.165) is 6.07 Å². The van der Waals surface area contributed by atoms with Gasteiger partial charge in [-0.15, -0.1) is 0 Å². The van der Waals surface area contributed by atoms with Gasteiger partial charge in [-0.3, -0.25) is 4.79 Å². The first-order valence-electron chi connectivity index (χ1n) is 9.18. The summed E-state index contributed by atoms with van der Waals surface area (Å²) in [5.41, 5.74) is -0.223. The second-order valence-electron chi connectivity index (χ2n) is 8.52. The van der Waals surface area contributed by atoms with Gasteiger partial charge in [-0.25, -0.2) is 18.2 Å². The Labute approximate surface area is 168 Å². The Morgan fingerprint density at radius 3 is 2.38 bits per heavy atom. The highest BCUT2D eigenvalue weighted by Crippen LogP contribution is 2.40. The summed E-state index contributed by atoms with van der Waals surface area (Å²) in [5, 5.41) is -0.203. The smallest absolute Gasteiger partial charge is 0.184 e. The van der Waals surface area contributed by atoms with Crippen molar-refractivity contribution in [1.29, 1.82) is 0 Å². The Morgan fingerprint density at radius 2 is 1.72 bits per heavy atom. The maximum atomic E-state index is 14.7. The van der Waals surface area contributed by atoms with Gasteiger partial charge in [0.1, 0.15) is 36.3 Å². The number of hydrogen-bond acceptors (Lipinski definition) is 3. The van der Waals surface area contributed by atoms with Crippen molar-refractivity contribution in [3.05, 3.63) is 65.6 Å². The summed E-state index contributed by atoms with van der Waals surface area (Å²) in [6.07, 6.45) is 1.22. The van der Waals surface area contributed by atoms with Crippen molar-refractivity contribution in [3.63, 3.8) is 0 Å². The van der Waals surface area contributed by atoms with Crippen LogP contribution < -0.4 is 4.74 Å². The molecule has 152 valence electrons. The lowest BCUT2D eigenvalue weighted by Gasteiger charge is -2.35. The Balaban J connectivity index is 2.05. The Kier molecular flexibility index (Phi) is 5.29. The van der Waals surface area contributed by atoms with E-state index in [1.54, 1.807) is 0 Å². The van der Waals surface area contributed by atoms with E-state index in [0.29, 0.717) is 5.39 Å². The third-order valence-electron chi connectivity index (χ3n) is 5.59. The highest BCUT2D eigenvalue weighted by Gasteiger charge is 2.44. The largest absolute Gasteiger partial charge is 0.455 e. The van der Waals surface area contributed by atoms with Gasteiger partial charge in [-0.1, -0.05) is 39.9 Å². The Bertz CT molecular complexity index is 1110. The number of halogens is 3. The van der Waals surface area contributed by atoms with Crippen molar-refractivity contribution in [1.82, 2.24) is 4.98 Å². The van der Waals surface area contributed by atoms with E-state index < -0.39 is 25.5 Å². The molecule has 2 aromatic carbocycles. The van der Waals surface area contributed by atoms with Gasteiger partial charge in [-0.05, 0) is 35.4 Å². The average Bonchev–Trinajstić information content (AvgIpc) is 2.63. The molecule has 0 saturated heterocycles. The molecule has 29 heavy (non-hydrogen) atoms. The van der Waals surface area contributed by atoms with Crippen LogP contribution in [0.25, 0.3) is 10.9 Å². The molecule has 0 aliphatic rings. The lowest BCUT2D eigenvalue weighted by Crippen LogP contribution is -2.46. The van der Waals surface area contributed by atoms with Crippen LogP contribution in [-0.2, 0) is 0 Å². The molecule has 1 aromatic heterocycles. The van der Waals surface area contributed by atoms with Crippen molar-refractivity contribution in [3.8, 4) is 11.5 Å². The molecular weight excluding hydrogens is 395 g/mol. The first-order chi connectivity index (χ1) is 13.4. The fraction of sp³-hybridized carbons (Fsp3) is 0.273. The van der Waals surface area contributed by atoms with Crippen LogP contribution >= 0.6 is 0 Å². The molecule has 0 amide bonds. The number of nitrogens with zero attached hydrogens (tertiary/aromatic N) is 1. The topological polar surface area (TPSA) is 39.2 Å². The Hall–Kier alpha value is -2.67.